The summed E-state index contributed by atoms with van der Waals surface area (Å²) in [7, 11) is 0. The van der Waals surface area contributed by atoms with E-state index < -0.39 is 10.9 Å². The van der Waals surface area contributed by atoms with E-state index in [2.05, 4.69) is 12.2 Å². The minimum Gasteiger partial charge on any atom is -0.452 e. The van der Waals surface area contributed by atoms with Crippen LogP contribution >= 0.6 is 0 Å². The van der Waals surface area contributed by atoms with Gasteiger partial charge in [-0.1, -0.05) is 31.9 Å². The normalized spacial score (nSPS) is 20.2. The zero-order chi connectivity index (χ0) is 18.2. The van der Waals surface area contributed by atoms with Crippen molar-refractivity contribution in [1.29, 1.82) is 0 Å². The Kier molecular flexibility index (Phi) is 6.68. The SMILES string of the molecule is C[C@H]1CCCC[C@H]1NC(=O)COC(=O)/C=C/c1ccccc1[N+](=O)[O-]. The molecule has 0 bridgehead atoms. The highest BCUT2D eigenvalue weighted by molar-refractivity contribution is 5.90. The number of para-hydroxylation sites is 1. The van der Waals surface area contributed by atoms with Gasteiger partial charge in [-0.25, -0.2) is 4.79 Å². The van der Waals surface area contributed by atoms with Crippen molar-refractivity contribution in [2.75, 3.05) is 6.61 Å². The second-order valence-corrected chi connectivity index (χ2v) is 6.19. The smallest absolute Gasteiger partial charge is 0.331 e. The maximum absolute atomic E-state index is 11.9. The number of ether oxygens (including phenoxy) is 1. The summed E-state index contributed by atoms with van der Waals surface area (Å²) in [6, 6.07) is 6.19. The molecule has 0 saturated heterocycles. The van der Waals surface area contributed by atoms with Crippen molar-refractivity contribution >= 4 is 23.6 Å². The summed E-state index contributed by atoms with van der Waals surface area (Å²) in [6.07, 6.45) is 6.69. The third-order valence-corrected chi connectivity index (χ3v) is 4.34. The molecule has 1 aliphatic rings. The summed E-state index contributed by atoms with van der Waals surface area (Å²) >= 11 is 0. The Morgan fingerprint density at radius 2 is 2.04 bits per heavy atom. The maximum Gasteiger partial charge on any atom is 0.331 e. The van der Waals surface area contributed by atoms with Crippen molar-refractivity contribution < 1.29 is 19.2 Å². The van der Waals surface area contributed by atoms with Gasteiger partial charge in [0.25, 0.3) is 11.6 Å². The van der Waals surface area contributed by atoms with Crippen LogP contribution in [0.3, 0.4) is 0 Å². The maximum atomic E-state index is 11.9. The highest BCUT2D eigenvalue weighted by Gasteiger charge is 2.23. The number of nitro groups is 1. The Bertz CT molecular complexity index is 671. The van der Waals surface area contributed by atoms with E-state index in [9.17, 15) is 19.7 Å². The first-order chi connectivity index (χ1) is 12.0. The number of nitrogens with zero attached hydrogens (tertiary/aromatic N) is 1. The lowest BCUT2D eigenvalue weighted by atomic mass is 9.86. The molecule has 0 aliphatic heterocycles. The van der Waals surface area contributed by atoms with E-state index in [1.165, 1.54) is 24.6 Å². The van der Waals surface area contributed by atoms with Gasteiger partial charge in [-0.3, -0.25) is 14.9 Å². The molecular formula is C18H22N2O5. The van der Waals surface area contributed by atoms with E-state index in [1.54, 1.807) is 12.1 Å². The standard InChI is InChI=1S/C18H22N2O5/c1-13-6-2-4-8-15(13)19-17(21)12-25-18(22)11-10-14-7-3-5-9-16(14)20(23)24/h3,5,7,9-11,13,15H,2,4,6,8,12H2,1H3,(H,19,21)/b11-10+/t13-,15+/m0/s1. The molecule has 1 fully saturated rings. The molecule has 1 aromatic rings. The fourth-order valence-corrected chi connectivity index (χ4v) is 2.92. The average Bonchev–Trinajstić information content (AvgIpc) is 2.60. The summed E-state index contributed by atoms with van der Waals surface area (Å²) in [5.74, 6) is -0.622. The topological polar surface area (TPSA) is 98.5 Å². The van der Waals surface area contributed by atoms with Crippen LogP contribution in [0.2, 0.25) is 0 Å². The number of nitro benzene ring substituents is 1. The zero-order valence-corrected chi connectivity index (χ0v) is 14.1. The second-order valence-electron chi connectivity index (χ2n) is 6.19. The van der Waals surface area contributed by atoms with Crippen LogP contribution in [-0.2, 0) is 14.3 Å². The first-order valence-corrected chi connectivity index (χ1v) is 8.35. The number of benzene rings is 1. The average molecular weight is 346 g/mol. The molecule has 2 atom stereocenters. The number of nitrogens with one attached hydrogen (secondary N) is 1. The summed E-state index contributed by atoms with van der Waals surface area (Å²) in [5.41, 5.74) is 0.195. The Morgan fingerprint density at radius 3 is 2.76 bits per heavy atom. The van der Waals surface area contributed by atoms with Crippen molar-refractivity contribution in [3.63, 3.8) is 0 Å². The van der Waals surface area contributed by atoms with Gasteiger partial charge >= 0.3 is 5.97 Å². The Hall–Kier alpha value is -2.70. The first kappa shape index (κ1) is 18.6. The number of hydrogen-bond donors (Lipinski definition) is 1. The van der Waals surface area contributed by atoms with Crippen molar-refractivity contribution in [2.24, 2.45) is 5.92 Å². The number of hydrogen-bond acceptors (Lipinski definition) is 5. The highest BCUT2D eigenvalue weighted by atomic mass is 16.6. The van der Waals surface area contributed by atoms with Gasteiger partial charge in [0.05, 0.1) is 10.5 Å². The molecule has 1 aliphatic carbocycles. The highest BCUT2D eigenvalue weighted by Crippen LogP contribution is 2.23. The van der Waals surface area contributed by atoms with Crippen molar-refractivity contribution in [3.05, 3.63) is 46.0 Å². The molecule has 2 rings (SSSR count). The third-order valence-electron chi connectivity index (χ3n) is 4.34. The molecular weight excluding hydrogens is 324 g/mol. The molecule has 0 aromatic heterocycles. The fraction of sp³-hybridized carbons (Fsp3) is 0.444. The van der Waals surface area contributed by atoms with Crippen LogP contribution in [0.4, 0.5) is 5.69 Å². The quantitative estimate of drug-likeness (QED) is 0.370. The van der Waals surface area contributed by atoms with Gasteiger partial charge in [-0.05, 0) is 30.9 Å². The lowest BCUT2D eigenvalue weighted by Gasteiger charge is -2.29. The number of amides is 1. The van der Waals surface area contributed by atoms with E-state index >= 15 is 0 Å². The van der Waals surface area contributed by atoms with Crippen LogP contribution in [-0.4, -0.2) is 29.4 Å². The van der Waals surface area contributed by atoms with E-state index in [0.29, 0.717) is 11.5 Å². The molecule has 0 heterocycles. The molecule has 7 heteroatoms. The fourth-order valence-electron chi connectivity index (χ4n) is 2.92. The number of carbonyl (C=O) groups is 2. The van der Waals surface area contributed by atoms with Gasteiger partial charge in [-0.15, -0.1) is 0 Å². The molecule has 0 radical (unpaired) electrons. The lowest BCUT2D eigenvalue weighted by molar-refractivity contribution is -0.385. The van der Waals surface area contributed by atoms with E-state index in [4.69, 9.17) is 4.74 Å². The molecule has 1 amide bonds. The van der Waals surface area contributed by atoms with Gasteiger partial charge in [0, 0.05) is 18.2 Å². The molecule has 1 saturated carbocycles. The van der Waals surface area contributed by atoms with E-state index in [1.807, 2.05) is 0 Å². The second kappa shape index (κ2) is 8.96. The summed E-state index contributed by atoms with van der Waals surface area (Å²) < 4.78 is 4.90. The molecule has 7 nitrogen and oxygen atoms in total. The summed E-state index contributed by atoms with van der Waals surface area (Å²) in [4.78, 5) is 34.0. The first-order valence-electron chi connectivity index (χ1n) is 8.35. The minimum absolute atomic E-state index is 0.101. The molecule has 1 aromatic carbocycles. The van der Waals surface area contributed by atoms with Gasteiger partial charge in [0.15, 0.2) is 6.61 Å². The van der Waals surface area contributed by atoms with Crippen LogP contribution in [0.15, 0.2) is 30.3 Å². The van der Waals surface area contributed by atoms with Crippen LogP contribution in [0.1, 0.15) is 38.2 Å². The molecule has 25 heavy (non-hydrogen) atoms. The summed E-state index contributed by atoms with van der Waals surface area (Å²) in [5, 5.41) is 13.8. The van der Waals surface area contributed by atoms with Crippen molar-refractivity contribution in [2.45, 2.75) is 38.6 Å². The Morgan fingerprint density at radius 1 is 1.32 bits per heavy atom. The zero-order valence-electron chi connectivity index (χ0n) is 14.1. The predicted octanol–water partition coefficient (Wildman–Crippen LogP) is 2.85. The molecule has 1 N–H and O–H groups in total. The van der Waals surface area contributed by atoms with Gasteiger partial charge in [0.1, 0.15) is 0 Å². The van der Waals surface area contributed by atoms with Crippen LogP contribution in [0, 0.1) is 16.0 Å². The Labute approximate surface area is 146 Å². The van der Waals surface area contributed by atoms with Crippen molar-refractivity contribution in [1.82, 2.24) is 5.32 Å². The predicted molar refractivity (Wildman–Crippen MR) is 92.7 cm³/mol. The minimum atomic E-state index is -0.718. The monoisotopic (exact) mass is 346 g/mol. The third kappa shape index (κ3) is 5.70. The van der Waals surface area contributed by atoms with Crippen LogP contribution < -0.4 is 5.32 Å². The van der Waals surface area contributed by atoms with E-state index in [-0.39, 0.29) is 24.2 Å². The number of carbonyl (C=O) groups excluding carboxylic acids is 2. The van der Waals surface area contributed by atoms with Crippen LogP contribution in [0.5, 0.6) is 0 Å². The molecule has 0 spiro atoms. The van der Waals surface area contributed by atoms with Crippen molar-refractivity contribution in [3.8, 4) is 0 Å². The van der Waals surface area contributed by atoms with Gasteiger partial charge in [0.2, 0.25) is 0 Å². The molecule has 134 valence electrons. The lowest BCUT2D eigenvalue weighted by Crippen LogP contribution is -2.42. The van der Waals surface area contributed by atoms with Gasteiger partial charge < -0.3 is 10.1 Å². The molecule has 0 unspecified atom stereocenters. The van der Waals surface area contributed by atoms with Gasteiger partial charge in [-0.2, -0.15) is 0 Å². The van der Waals surface area contributed by atoms with E-state index in [0.717, 1.165) is 25.3 Å². The number of rotatable bonds is 6. The van der Waals surface area contributed by atoms with Crippen LogP contribution in [0.25, 0.3) is 6.08 Å². The Balaban J connectivity index is 1.82. The number of esters is 1. The summed E-state index contributed by atoms with van der Waals surface area (Å²) in [6.45, 7) is 1.74. The largest absolute Gasteiger partial charge is 0.452 e.